The van der Waals surface area contributed by atoms with Gasteiger partial charge in [-0.1, -0.05) is 53.7 Å². The maximum atomic E-state index is 6.01. The van der Waals surface area contributed by atoms with Crippen LogP contribution in [0.5, 0.6) is 11.5 Å². The summed E-state index contributed by atoms with van der Waals surface area (Å²) in [6.07, 6.45) is 1.66. The summed E-state index contributed by atoms with van der Waals surface area (Å²) in [5.74, 6) is 2.27. The van der Waals surface area contributed by atoms with E-state index < -0.39 is 0 Å². The van der Waals surface area contributed by atoms with Crippen LogP contribution in [0.2, 0.25) is 5.02 Å². The molecule has 5 nitrogen and oxygen atoms in total. The van der Waals surface area contributed by atoms with Crippen LogP contribution in [-0.4, -0.2) is 18.5 Å². The Labute approximate surface area is 191 Å². The van der Waals surface area contributed by atoms with Crippen LogP contribution in [0, 0.1) is 6.92 Å². The molecular weight excluding hydrogens is 430 g/mol. The van der Waals surface area contributed by atoms with Crippen LogP contribution in [0.4, 0.5) is 0 Å². The first-order valence-electron chi connectivity index (χ1n) is 9.64. The second kappa shape index (κ2) is 11.4. The Hall–Kier alpha value is -2.96. The minimum absolute atomic E-state index is 0.353. The fourth-order valence-electron chi connectivity index (χ4n) is 2.83. The number of rotatable bonds is 8. The average Bonchev–Trinajstić information content (AvgIpc) is 2.78. The molecule has 0 atom stereocenters. The van der Waals surface area contributed by atoms with Crippen molar-refractivity contribution in [2.24, 2.45) is 15.9 Å². The molecule has 0 fully saturated rings. The number of benzene rings is 3. The molecule has 0 saturated heterocycles. The van der Waals surface area contributed by atoms with Gasteiger partial charge < -0.3 is 15.2 Å². The second-order valence-electron chi connectivity index (χ2n) is 6.73. The van der Waals surface area contributed by atoms with E-state index in [9.17, 15) is 0 Å². The van der Waals surface area contributed by atoms with Gasteiger partial charge in [-0.2, -0.15) is 5.10 Å². The van der Waals surface area contributed by atoms with Crippen LogP contribution in [0.15, 0.2) is 76.9 Å². The molecule has 0 amide bonds. The quantitative estimate of drug-likeness (QED) is 0.265. The third-order valence-electron chi connectivity index (χ3n) is 4.42. The Kier molecular flexibility index (Phi) is 8.38. The summed E-state index contributed by atoms with van der Waals surface area (Å²) in [4.78, 5) is 0. The van der Waals surface area contributed by atoms with Crippen molar-refractivity contribution < 1.29 is 9.47 Å². The molecule has 0 saturated carbocycles. The smallest absolute Gasteiger partial charge is 0.180 e. The lowest BCUT2D eigenvalue weighted by Crippen LogP contribution is -2.06. The van der Waals surface area contributed by atoms with E-state index in [1.165, 1.54) is 17.3 Å². The monoisotopic (exact) mass is 453 g/mol. The molecule has 0 spiro atoms. The first-order valence-corrected chi connectivity index (χ1v) is 11.0. The predicted octanol–water partition coefficient (Wildman–Crippen LogP) is 5.82. The van der Waals surface area contributed by atoms with Gasteiger partial charge in [0.05, 0.1) is 13.3 Å². The van der Waals surface area contributed by atoms with Gasteiger partial charge in [0.2, 0.25) is 0 Å². The summed E-state index contributed by atoms with van der Waals surface area (Å²) in [6.45, 7) is 2.31. The summed E-state index contributed by atoms with van der Waals surface area (Å²) >= 11 is 7.46. The highest BCUT2D eigenvalue weighted by Crippen LogP contribution is 2.25. The number of nitrogens with two attached hydrogens (primary N) is 1. The number of ether oxygens (including phenoxy) is 2. The summed E-state index contributed by atoms with van der Waals surface area (Å²) < 4.78 is 11.4. The van der Waals surface area contributed by atoms with Crippen molar-refractivity contribution in [3.05, 3.63) is 94.0 Å². The van der Waals surface area contributed by atoms with E-state index in [1.54, 1.807) is 13.3 Å². The van der Waals surface area contributed by atoms with Gasteiger partial charge in [0.25, 0.3) is 0 Å². The molecule has 0 aliphatic rings. The van der Waals surface area contributed by atoms with E-state index in [2.05, 4.69) is 22.3 Å². The lowest BCUT2D eigenvalue weighted by molar-refractivity contribution is 0.295. The number of hydrogen-bond donors (Lipinski definition) is 1. The Morgan fingerprint density at radius 2 is 1.84 bits per heavy atom. The Bertz CT molecular complexity index is 1070. The van der Waals surface area contributed by atoms with Gasteiger partial charge in [0.1, 0.15) is 18.1 Å². The molecule has 0 aliphatic heterocycles. The van der Waals surface area contributed by atoms with Gasteiger partial charge in [-0.15, -0.1) is 5.10 Å². The fraction of sp³-hybridized carbons (Fsp3) is 0.167. The van der Waals surface area contributed by atoms with Crippen LogP contribution >= 0.6 is 23.4 Å². The van der Waals surface area contributed by atoms with Crippen LogP contribution in [0.3, 0.4) is 0 Å². The van der Waals surface area contributed by atoms with Crippen molar-refractivity contribution in [1.82, 2.24) is 0 Å². The third kappa shape index (κ3) is 7.05. The Balaban J connectivity index is 1.63. The lowest BCUT2D eigenvalue weighted by Gasteiger charge is -2.12. The second-order valence-corrected chi connectivity index (χ2v) is 8.16. The van der Waals surface area contributed by atoms with Gasteiger partial charge in [0, 0.05) is 16.3 Å². The largest absolute Gasteiger partial charge is 0.496 e. The molecule has 0 heterocycles. The van der Waals surface area contributed by atoms with Crippen molar-refractivity contribution in [1.29, 1.82) is 0 Å². The Morgan fingerprint density at radius 1 is 1.06 bits per heavy atom. The zero-order valence-electron chi connectivity index (χ0n) is 17.4. The van der Waals surface area contributed by atoms with Gasteiger partial charge in [-0.05, 0) is 60.0 Å². The normalized spacial score (nSPS) is 11.6. The van der Waals surface area contributed by atoms with Crippen LogP contribution in [0.1, 0.15) is 22.3 Å². The highest BCUT2D eigenvalue weighted by Gasteiger charge is 2.07. The number of aryl methyl sites for hydroxylation is 1. The van der Waals surface area contributed by atoms with Crippen LogP contribution < -0.4 is 15.2 Å². The van der Waals surface area contributed by atoms with Crippen molar-refractivity contribution in [2.45, 2.75) is 19.3 Å². The van der Waals surface area contributed by atoms with Crippen molar-refractivity contribution >= 4 is 34.7 Å². The number of halogens is 1. The molecule has 7 heteroatoms. The number of nitrogens with zero attached hydrogens (tertiary/aromatic N) is 2. The number of amidine groups is 1. The molecule has 3 rings (SSSR count). The molecule has 3 aromatic carbocycles. The topological polar surface area (TPSA) is 69.2 Å². The van der Waals surface area contributed by atoms with E-state index >= 15 is 0 Å². The first kappa shape index (κ1) is 22.7. The van der Waals surface area contributed by atoms with E-state index in [-0.39, 0.29) is 0 Å². The van der Waals surface area contributed by atoms with Gasteiger partial charge in [-0.25, -0.2) is 0 Å². The minimum atomic E-state index is 0.353. The van der Waals surface area contributed by atoms with Crippen LogP contribution in [0.25, 0.3) is 0 Å². The SMILES string of the molecule is COc1ccc(C=NN=C(N)SCc2ccccc2)cc1COc1ccc(Cl)cc1C. The lowest BCUT2D eigenvalue weighted by atomic mass is 10.1. The maximum Gasteiger partial charge on any atom is 0.180 e. The molecule has 2 N–H and O–H groups in total. The summed E-state index contributed by atoms with van der Waals surface area (Å²) in [5.41, 5.74) is 9.88. The maximum absolute atomic E-state index is 6.01. The standard InChI is InChI=1S/C24H24ClN3O2S/c1-17-12-21(25)9-11-22(17)30-15-20-13-19(8-10-23(20)29-2)14-27-28-24(26)31-16-18-6-4-3-5-7-18/h3-14H,15-16H2,1-2H3,(H2,26,28). The molecule has 0 aromatic heterocycles. The van der Waals surface area contributed by atoms with Crippen molar-refractivity contribution in [3.63, 3.8) is 0 Å². The van der Waals surface area contributed by atoms with Crippen molar-refractivity contribution in [3.8, 4) is 11.5 Å². The fourth-order valence-corrected chi connectivity index (χ4v) is 3.67. The molecule has 31 heavy (non-hydrogen) atoms. The van der Waals surface area contributed by atoms with Gasteiger partial charge in [0.15, 0.2) is 5.17 Å². The highest BCUT2D eigenvalue weighted by molar-refractivity contribution is 8.13. The number of methoxy groups -OCH3 is 1. The average molecular weight is 454 g/mol. The zero-order valence-corrected chi connectivity index (χ0v) is 19.0. The molecule has 0 radical (unpaired) electrons. The van der Waals surface area contributed by atoms with Crippen LogP contribution in [-0.2, 0) is 12.4 Å². The van der Waals surface area contributed by atoms with Crippen molar-refractivity contribution in [2.75, 3.05) is 7.11 Å². The summed E-state index contributed by atoms with van der Waals surface area (Å²) in [7, 11) is 1.63. The first-order chi connectivity index (χ1) is 15.0. The molecule has 3 aromatic rings. The van der Waals surface area contributed by atoms with E-state index in [4.69, 9.17) is 26.8 Å². The molecule has 0 bridgehead atoms. The highest BCUT2D eigenvalue weighted by atomic mass is 35.5. The summed E-state index contributed by atoms with van der Waals surface area (Å²) in [5, 5.41) is 9.28. The van der Waals surface area contributed by atoms with Gasteiger partial charge >= 0.3 is 0 Å². The Morgan fingerprint density at radius 3 is 2.58 bits per heavy atom. The number of hydrogen-bond acceptors (Lipinski definition) is 5. The molecule has 0 aliphatic carbocycles. The summed E-state index contributed by atoms with van der Waals surface area (Å²) in [6, 6.07) is 21.4. The van der Waals surface area contributed by atoms with Gasteiger partial charge in [-0.3, -0.25) is 0 Å². The van der Waals surface area contributed by atoms with E-state index in [1.807, 2.05) is 61.5 Å². The molecule has 0 unspecified atom stereocenters. The van der Waals surface area contributed by atoms with E-state index in [0.717, 1.165) is 33.9 Å². The number of thioether (sulfide) groups is 1. The molecular formula is C24H24ClN3O2S. The van der Waals surface area contributed by atoms with E-state index in [0.29, 0.717) is 16.8 Å². The third-order valence-corrected chi connectivity index (χ3v) is 5.51. The zero-order chi connectivity index (χ0) is 22.1. The predicted molar refractivity (Wildman–Crippen MR) is 130 cm³/mol. The minimum Gasteiger partial charge on any atom is -0.496 e. The molecule has 160 valence electrons.